The number of aliphatic hydroxyl groups is 1. The van der Waals surface area contributed by atoms with Gasteiger partial charge in [0.2, 0.25) is 0 Å². The zero-order valence-electron chi connectivity index (χ0n) is 11.5. The first-order valence-electron chi connectivity index (χ1n) is 7.52. The molecule has 2 N–H and O–H groups in total. The van der Waals surface area contributed by atoms with Crippen LogP contribution >= 0.6 is 0 Å². The van der Waals surface area contributed by atoms with E-state index in [-0.39, 0.29) is 6.10 Å². The predicted octanol–water partition coefficient (Wildman–Crippen LogP) is 1.55. The summed E-state index contributed by atoms with van der Waals surface area (Å²) in [4.78, 5) is 2.39. The average Bonchev–Trinajstić information content (AvgIpc) is 3.23. The highest BCUT2D eigenvalue weighted by Gasteiger charge is 2.22. The van der Waals surface area contributed by atoms with Crippen LogP contribution < -0.4 is 5.32 Å². The van der Waals surface area contributed by atoms with Gasteiger partial charge in [0.1, 0.15) is 0 Å². The molecule has 19 heavy (non-hydrogen) atoms. The largest absolute Gasteiger partial charge is 0.390 e. The van der Waals surface area contributed by atoms with Gasteiger partial charge in [-0.25, -0.2) is 0 Å². The highest BCUT2D eigenvalue weighted by atomic mass is 16.3. The van der Waals surface area contributed by atoms with E-state index in [0.29, 0.717) is 6.04 Å². The van der Waals surface area contributed by atoms with Crippen LogP contribution in [0.25, 0.3) is 0 Å². The number of β-amino-alcohol motifs (C(OH)–C–C–N with tert-alkyl or cyclic N) is 1. The highest BCUT2D eigenvalue weighted by molar-refractivity contribution is 5.28. The SMILES string of the molecule is OC(CNC1CC1)CN1CCCc2ccccc2C1. The predicted molar refractivity (Wildman–Crippen MR) is 77.1 cm³/mol. The van der Waals surface area contributed by atoms with E-state index in [1.807, 2.05) is 0 Å². The summed E-state index contributed by atoms with van der Waals surface area (Å²) < 4.78 is 0. The van der Waals surface area contributed by atoms with Gasteiger partial charge in [-0.15, -0.1) is 0 Å². The normalized spacial score (nSPS) is 21.7. The molecule has 0 aromatic heterocycles. The first-order chi connectivity index (χ1) is 9.31. The molecule has 1 aliphatic carbocycles. The van der Waals surface area contributed by atoms with Crippen LogP contribution in [-0.2, 0) is 13.0 Å². The molecule has 1 aliphatic heterocycles. The van der Waals surface area contributed by atoms with Gasteiger partial charge >= 0.3 is 0 Å². The second-order valence-electron chi connectivity index (χ2n) is 5.94. The summed E-state index contributed by atoms with van der Waals surface area (Å²) in [6, 6.07) is 9.39. The maximum absolute atomic E-state index is 10.1. The Bertz CT molecular complexity index is 417. The van der Waals surface area contributed by atoms with Crippen molar-refractivity contribution in [3.63, 3.8) is 0 Å². The number of hydrogen-bond acceptors (Lipinski definition) is 3. The minimum Gasteiger partial charge on any atom is -0.390 e. The van der Waals surface area contributed by atoms with Gasteiger partial charge in [0.05, 0.1) is 6.10 Å². The van der Waals surface area contributed by atoms with Gasteiger partial charge in [-0.05, 0) is 43.4 Å². The molecule has 1 heterocycles. The molecular formula is C16H24N2O. The number of rotatable bonds is 5. The van der Waals surface area contributed by atoms with Crippen molar-refractivity contribution in [2.75, 3.05) is 19.6 Å². The van der Waals surface area contributed by atoms with Crippen LogP contribution in [0.4, 0.5) is 0 Å². The van der Waals surface area contributed by atoms with E-state index < -0.39 is 0 Å². The van der Waals surface area contributed by atoms with Gasteiger partial charge in [0, 0.05) is 25.7 Å². The summed E-state index contributed by atoms with van der Waals surface area (Å²) in [6.07, 6.45) is 4.68. The molecule has 1 saturated carbocycles. The molecule has 1 aromatic carbocycles. The molecule has 1 atom stereocenters. The van der Waals surface area contributed by atoms with Gasteiger partial charge in [0.25, 0.3) is 0 Å². The van der Waals surface area contributed by atoms with Crippen molar-refractivity contribution in [1.29, 1.82) is 0 Å². The van der Waals surface area contributed by atoms with Crippen molar-refractivity contribution in [1.82, 2.24) is 10.2 Å². The fraction of sp³-hybridized carbons (Fsp3) is 0.625. The van der Waals surface area contributed by atoms with Gasteiger partial charge in [-0.1, -0.05) is 24.3 Å². The fourth-order valence-electron chi connectivity index (χ4n) is 2.88. The van der Waals surface area contributed by atoms with E-state index in [0.717, 1.165) is 26.2 Å². The van der Waals surface area contributed by atoms with Crippen molar-refractivity contribution in [2.24, 2.45) is 0 Å². The lowest BCUT2D eigenvalue weighted by atomic mass is 10.0. The Morgan fingerprint density at radius 2 is 2.05 bits per heavy atom. The van der Waals surface area contributed by atoms with Crippen LogP contribution in [0, 0.1) is 0 Å². The standard InChI is InChI=1S/C16H24N2O/c19-16(10-17-15-7-8-15)12-18-9-3-6-13-4-1-2-5-14(13)11-18/h1-2,4-5,15-17,19H,3,6-12H2. The molecule has 0 saturated heterocycles. The third kappa shape index (κ3) is 3.78. The quantitative estimate of drug-likeness (QED) is 0.843. The Morgan fingerprint density at radius 3 is 2.84 bits per heavy atom. The highest BCUT2D eigenvalue weighted by Crippen LogP contribution is 2.19. The van der Waals surface area contributed by atoms with Gasteiger partial charge in [-0.2, -0.15) is 0 Å². The second kappa shape index (κ2) is 6.04. The molecular weight excluding hydrogens is 236 g/mol. The van der Waals surface area contributed by atoms with Crippen molar-refractivity contribution >= 4 is 0 Å². The molecule has 0 radical (unpaired) electrons. The summed E-state index contributed by atoms with van der Waals surface area (Å²) in [7, 11) is 0. The minimum atomic E-state index is -0.245. The van der Waals surface area contributed by atoms with Gasteiger partial charge < -0.3 is 10.4 Å². The number of aliphatic hydroxyl groups excluding tert-OH is 1. The average molecular weight is 260 g/mol. The smallest absolute Gasteiger partial charge is 0.0791 e. The second-order valence-corrected chi connectivity index (χ2v) is 5.94. The lowest BCUT2D eigenvalue weighted by Gasteiger charge is -2.23. The van der Waals surface area contributed by atoms with Crippen LogP contribution in [0.2, 0.25) is 0 Å². The number of benzene rings is 1. The van der Waals surface area contributed by atoms with Crippen molar-refractivity contribution in [2.45, 2.75) is 44.4 Å². The molecule has 3 heteroatoms. The van der Waals surface area contributed by atoms with Crippen LogP contribution in [0.1, 0.15) is 30.4 Å². The summed E-state index contributed by atoms with van der Waals surface area (Å²) in [5, 5.41) is 13.5. The number of nitrogens with one attached hydrogen (secondary N) is 1. The van der Waals surface area contributed by atoms with E-state index in [9.17, 15) is 5.11 Å². The monoisotopic (exact) mass is 260 g/mol. The Balaban J connectivity index is 1.53. The summed E-state index contributed by atoms with van der Waals surface area (Å²) >= 11 is 0. The van der Waals surface area contributed by atoms with E-state index >= 15 is 0 Å². The van der Waals surface area contributed by atoms with Crippen molar-refractivity contribution in [3.05, 3.63) is 35.4 Å². The number of fused-ring (bicyclic) bond motifs is 1. The molecule has 104 valence electrons. The zero-order valence-corrected chi connectivity index (χ0v) is 11.5. The first kappa shape index (κ1) is 13.1. The van der Waals surface area contributed by atoms with Crippen LogP contribution in [0.15, 0.2) is 24.3 Å². The Labute approximate surface area is 115 Å². The lowest BCUT2D eigenvalue weighted by molar-refractivity contribution is 0.108. The van der Waals surface area contributed by atoms with Crippen LogP contribution in [0.3, 0.4) is 0 Å². The van der Waals surface area contributed by atoms with Crippen LogP contribution in [-0.4, -0.2) is 41.8 Å². The first-order valence-corrected chi connectivity index (χ1v) is 7.52. The number of aryl methyl sites for hydroxylation is 1. The van der Waals surface area contributed by atoms with Crippen molar-refractivity contribution < 1.29 is 5.11 Å². The Hall–Kier alpha value is -0.900. The Morgan fingerprint density at radius 1 is 1.26 bits per heavy atom. The van der Waals surface area contributed by atoms with E-state index in [1.54, 1.807) is 0 Å². The molecule has 1 aromatic rings. The number of hydrogen-bond donors (Lipinski definition) is 2. The zero-order chi connectivity index (χ0) is 13.1. The topological polar surface area (TPSA) is 35.5 Å². The van der Waals surface area contributed by atoms with Gasteiger partial charge in [-0.3, -0.25) is 4.90 Å². The maximum Gasteiger partial charge on any atom is 0.0791 e. The molecule has 3 nitrogen and oxygen atoms in total. The Kier molecular flexibility index (Phi) is 4.16. The minimum absolute atomic E-state index is 0.245. The summed E-state index contributed by atoms with van der Waals surface area (Å²) in [5.74, 6) is 0. The molecule has 1 unspecified atom stereocenters. The van der Waals surface area contributed by atoms with Crippen molar-refractivity contribution in [3.8, 4) is 0 Å². The lowest BCUT2D eigenvalue weighted by Crippen LogP contribution is -2.38. The fourth-order valence-corrected chi connectivity index (χ4v) is 2.88. The molecule has 1 fully saturated rings. The van der Waals surface area contributed by atoms with E-state index in [4.69, 9.17) is 0 Å². The maximum atomic E-state index is 10.1. The molecule has 0 amide bonds. The molecule has 0 spiro atoms. The third-order valence-electron chi connectivity index (χ3n) is 4.12. The number of nitrogens with zero attached hydrogens (tertiary/aromatic N) is 1. The van der Waals surface area contributed by atoms with Gasteiger partial charge in [0.15, 0.2) is 0 Å². The molecule has 0 bridgehead atoms. The summed E-state index contributed by atoms with van der Waals surface area (Å²) in [5.41, 5.74) is 2.91. The third-order valence-corrected chi connectivity index (χ3v) is 4.12. The van der Waals surface area contributed by atoms with Crippen LogP contribution in [0.5, 0.6) is 0 Å². The van der Waals surface area contributed by atoms with E-state index in [1.165, 1.54) is 36.8 Å². The van der Waals surface area contributed by atoms with E-state index in [2.05, 4.69) is 34.5 Å². The summed E-state index contributed by atoms with van der Waals surface area (Å²) in [6.45, 7) is 3.60. The molecule has 2 aliphatic rings. The molecule has 3 rings (SSSR count).